The minimum Gasteiger partial charge on any atom is -0.362 e. The summed E-state index contributed by atoms with van der Waals surface area (Å²) in [5.41, 5.74) is 2.67. The second-order valence-electron chi connectivity index (χ2n) is 7.42. The summed E-state index contributed by atoms with van der Waals surface area (Å²) < 4.78 is 28.0. The van der Waals surface area contributed by atoms with Crippen LogP contribution in [0, 0.1) is 6.92 Å². The maximum atomic E-state index is 13.2. The lowest BCUT2D eigenvalue weighted by Gasteiger charge is -2.22. The van der Waals surface area contributed by atoms with Crippen molar-refractivity contribution in [2.45, 2.75) is 43.9 Å². The molecule has 5 nitrogen and oxygen atoms in total. The van der Waals surface area contributed by atoms with Gasteiger partial charge in [-0.25, -0.2) is 8.42 Å². The Morgan fingerprint density at radius 3 is 2.41 bits per heavy atom. The van der Waals surface area contributed by atoms with E-state index in [0.29, 0.717) is 35.3 Å². The van der Waals surface area contributed by atoms with Gasteiger partial charge < -0.3 is 10.6 Å². The highest BCUT2D eigenvalue weighted by Gasteiger charge is 2.26. The molecule has 0 radical (unpaired) electrons. The second kappa shape index (κ2) is 10.2. The smallest absolute Gasteiger partial charge is 0.243 e. The minimum absolute atomic E-state index is 0.358. The molecule has 2 aromatic carbocycles. The third-order valence-corrected chi connectivity index (χ3v) is 7.46. The number of aryl methyl sites for hydroxylation is 1. The van der Waals surface area contributed by atoms with E-state index < -0.39 is 10.0 Å². The first-order valence-electron chi connectivity index (χ1n) is 10.2. The summed E-state index contributed by atoms with van der Waals surface area (Å²) in [4.78, 5) is 0.358. The molecule has 156 valence electrons. The van der Waals surface area contributed by atoms with Crippen LogP contribution in [0.15, 0.2) is 53.4 Å². The summed E-state index contributed by atoms with van der Waals surface area (Å²) in [6.07, 6.45) is 4.90. The van der Waals surface area contributed by atoms with Crippen LogP contribution in [0.2, 0.25) is 0 Å². The summed E-state index contributed by atoms with van der Waals surface area (Å²) in [7, 11) is -3.50. The van der Waals surface area contributed by atoms with Crippen LogP contribution in [0.5, 0.6) is 0 Å². The van der Waals surface area contributed by atoms with Gasteiger partial charge >= 0.3 is 0 Å². The lowest BCUT2D eigenvalue weighted by atomic mass is 10.1. The van der Waals surface area contributed by atoms with Crippen LogP contribution in [-0.2, 0) is 16.4 Å². The van der Waals surface area contributed by atoms with Crippen molar-refractivity contribution in [1.29, 1.82) is 0 Å². The number of hydrogen-bond acceptors (Lipinski definition) is 3. The molecule has 0 bridgehead atoms. The van der Waals surface area contributed by atoms with E-state index in [1.807, 2.05) is 37.3 Å². The lowest BCUT2D eigenvalue weighted by molar-refractivity contribution is 0.423. The van der Waals surface area contributed by atoms with Gasteiger partial charge in [-0.3, -0.25) is 0 Å². The number of nitrogens with one attached hydrogen (secondary N) is 2. The number of hydrogen-bond donors (Lipinski definition) is 2. The van der Waals surface area contributed by atoms with E-state index in [2.05, 4.69) is 22.8 Å². The van der Waals surface area contributed by atoms with Crippen LogP contribution in [0.4, 0.5) is 5.69 Å². The Morgan fingerprint density at radius 2 is 1.72 bits per heavy atom. The highest BCUT2D eigenvalue weighted by atomic mass is 32.2. The lowest BCUT2D eigenvalue weighted by Crippen LogP contribution is -2.33. The summed E-state index contributed by atoms with van der Waals surface area (Å²) >= 11 is 5.38. The first kappa shape index (κ1) is 21.7. The molecular weight excluding hydrogens is 402 g/mol. The van der Waals surface area contributed by atoms with Gasteiger partial charge in [-0.2, -0.15) is 4.31 Å². The molecule has 3 rings (SSSR count). The summed E-state index contributed by atoms with van der Waals surface area (Å²) in [6.45, 7) is 3.74. The van der Waals surface area contributed by atoms with Gasteiger partial charge in [0.25, 0.3) is 0 Å². The van der Waals surface area contributed by atoms with Crippen LogP contribution >= 0.6 is 12.2 Å². The van der Waals surface area contributed by atoms with Gasteiger partial charge in [0.15, 0.2) is 5.11 Å². The molecule has 0 atom stereocenters. The maximum absolute atomic E-state index is 13.2. The summed E-state index contributed by atoms with van der Waals surface area (Å²) in [5.74, 6) is 0. The standard InChI is InChI=1S/C22H29N3O2S2/c1-18-11-12-20(24-22(28)23-14-13-19-9-5-4-6-10-19)17-21(18)29(26,27)25-15-7-2-3-8-16-25/h4-6,9-12,17H,2-3,7-8,13-16H2,1H3,(H2,23,24,28). The molecular formula is C22H29N3O2S2. The highest BCUT2D eigenvalue weighted by Crippen LogP contribution is 2.25. The molecule has 1 heterocycles. The van der Waals surface area contributed by atoms with E-state index in [4.69, 9.17) is 12.2 Å². The second-order valence-corrected chi connectivity index (χ2v) is 9.73. The molecule has 1 aliphatic heterocycles. The first-order chi connectivity index (χ1) is 14.0. The van der Waals surface area contributed by atoms with Gasteiger partial charge in [0, 0.05) is 25.3 Å². The molecule has 2 aromatic rings. The molecule has 29 heavy (non-hydrogen) atoms. The first-order valence-corrected chi connectivity index (χ1v) is 12.0. The molecule has 2 N–H and O–H groups in total. The van der Waals surface area contributed by atoms with Crippen LogP contribution in [0.3, 0.4) is 0 Å². The van der Waals surface area contributed by atoms with E-state index in [1.54, 1.807) is 10.4 Å². The van der Waals surface area contributed by atoms with Crippen LogP contribution < -0.4 is 10.6 Å². The molecule has 0 amide bonds. The van der Waals surface area contributed by atoms with Gasteiger partial charge in [0.1, 0.15) is 0 Å². The van der Waals surface area contributed by atoms with Crippen molar-refractivity contribution in [3.63, 3.8) is 0 Å². The third kappa shape index (κ3) is 6.01. The van der Waals surface area contributed by atoms with Crippen molar-refractivity contribution < 1.29 is 8.42 Å². The Bertz CT molecular complexity index is 922. The van der Waals surface area contributed by atoms with Crippen molar-refractivity contribution in [2.24, 2.45) is 0 Å². The molecule has 0 aromatic heterocycles. The predicted octanol–water partition coefficient (Wildman–Crippen LogP) is 4.09. The zero-order valence-corrected chi connectivity index (χ0v) is 18.5. The van der Waals surface area contributed by atoms with Gasteiger partial charge in [-0.15, -0.1) is 0 Å². The Morgan fingerprint density at radius 1 is 1.03 bits per heavy atom. The number of sulfonamides is 1. The summed E-state index contributed by atoms with van der Waals surface area (Å²) in [6, 6.07) is 15.6. The van der Waals surface area contributed by atoms with Crippen molar-refractivity contribution in [3.8, 4) is 0 Å². The van der Waals surface area contributed by atoms with Crippen molar-refractivity contribution in [3.05, 3.63) is 59.7 Å². The summed E-state index contributed by atoms with van der Waals surface area (Å²) in [5, 5.41) is 6.79. The van der Waals surface area contributed by atoms with Crippen molar-refractivity contribution in [2.75, 3.05) is 25.0 Å². The molecule has 0 saturated carbocycles. The fourth-order valence-corrected chi connectivity index (χ4v) is 5.51. The van der Waals surface area contributed by atoms with E-state index in [9.17, 15) is 8.42 Å². The number of anilines is 1. The van der Waals surface area contributed by atoms with E-state index in [0.717, 1.165) is 37.7 Å². The average Bonchev–Trinajstić information content (AvgIpc) is 3.00. The molecule has 1 fully saturated rings. The Labute approximate surface area is 179 Å². The van der Waals surface area contributed by atoms with E-state index in [1.165, 1.54) is 5.56 Å². The quantitative estimate of drug-likeness (QED) is 0.675. The fraction of sp³-hybridized carbons (Fsp3) is 0.409. The minimum atomic E-state index is -3.50. The van der Waals surface area contributed by atoms with Gasteiger partial charge in [0.2, 0.25) is 10.0 Å². The monoisotopic (exact) mass is 431 g/mol. The third-order valence-electron chi connectivity index (χ3n) is 5.17. The molecule has 1 saturated heterocycles. The number of rotatable bonds is 6. The highest BCUT2D eigenvalue weighted by molar-refractivity contribution is 7.89. The predicted molar refractivity (Wildman–Crippen MR) is 123 cm³/mol. The zero-order valence-electron chi connectivity index (χ0n) is 16.9. The van der Waals surface area contributed by atoms with Gasteiger partial charge in [-0.1, -0.05) is 49.2 Å². The number of thiocarbonyl (C=S) groups is 1. The number of benzene rings is 2. The zero-order chi connectivity index (χ0) is 20.7. The van der Waals surface area contributed by atoms with Gasteiger partial charge in [0.05, 0.1) is 4.90 Å². The van der Waals surface area contributed by atoms with Crippen LogP contribution in [0.1, 0.15) is 36.8 Å². The van der Waals surface area contributed by atoms with Gasteiger partial charge in [-0.05, 0) is 61.7 Å². The SMILES string of the molecule is Cc1ccc(NC(=S)NCCc2ccccc2)cc1S(=O)(=O)N1CCCCCC1. The van der Waals surface area contributed by atoms with Crippen LogP contribution in [0.25, 0.3) is 0 Å². The van der Waals surface area contributed by atoms with Crippen molar-refractivity contribution in [1.82, 2.24) is 9.62 Å². The van der Waals surface area contributed by atoms with E-state index >= 15 is 0 Å². The largest absolute Gasteiger partial charge is 0.362 e. The number of nitrogens with zero attached hydrogens (tertiary/aromatic N) is 1. The average molecular weight is 432 g/mol. The molecule has 0 unspecified atom stereocenters. The maximum Gasteiger partial charge on any atom is 0.243 e. The molecule has 1 aliphatic rings. The van der Waals surface area contributed by atoms with Crippen LogP contribution in [-0.4, -0.2) is 37.5 Å². The Hall–Kier alpha value is -1.96. The van der Waals surface area contributed by atoms with E-state index in [-0.39, 0.29) is 0 Å². The topological polar surface area (TPSA) is 61.4 Å². The Kier molecular flexibility index (Phi) is 7.64. The van der Waals surface area contributed by atoms with Crippen molar-refractivity contribution >= 4 is 33.0 Å². The molecule has 0 spiro atoms. The fourth-order valence-electron chi connectivity index (χ4n) is 3.52. The molecule has 0 aliphatic carbocycles. The molecule has 7 heteroatoms. The Balaban J connectivity index is 1.64. The normalized spacial score (nSPS) is 15.5.